The molecule has 27 heavy (non-hydrogen) atoms. The van der Waals surface area contributed by atoms with Gasteiger partial charge in [0.05, 0.1) is 4.90 Å². The van der Waals surface area contributed by atoms with Gasteiger partial charge in [0, 0.05) is 19.0 Å². The second-order valence-corrected chi connectivity index (χ2v) is 7.99. The highest BCUT2D eigenvalue weighted by Crippen LogP contribution is 2.33. The summed E-state index contributed by atoms with van der Waals surface area (Å²) in [6.45, 7) is 4.03. The molecule has 3 rings (SSSR count). The third-order valence-electron chi connectivity index (χ3n) is 4.26. The Morgan fingerprint density at radius 3 is 2.22 bits per heavy atom. The maximum Gasteiger partial charge on any atom is 0.573 e. The Labute approximate surface area is 155 Å². The SMILES string of the molecule is Cc1ccc(S(=O)(=O)ON2CC(c3ccc(OC(F)(F)F)c(C)c3)C2)cc1. The molecule has 0 spiro atoms. The van der Waals surface area contributed by atoms with E-state index in [1.165, 1.54) is 30.2 Å². The van der Waals surface area contributed by atoms with E-state index >= 15 is 0 Å². The van der Waals surface area contributed by atoms with Crippen LogP contribution in [0.4, 0.5) is 13.2 Å². The van der Waals surface area contributed by atoms with Gasteiger partial charge in [-0.05, 0) is 43.2 Å². The molecular weight excluding hydrogens is 383 g/mol. The zero-order valence-corrected chi connectivity index (χ0v) is 15.5. The topological polar surface area (TPSA) is 55.8 Å². The minimum atomic E-state index is -4.74. The molecule has 2 aromatic rings. The molecule has 9 heteroatoms. The summed E-state index contributed by atoms with van der Waals surface area (Å²) in [4.78, 5) is 0.0704. The monoisotopic (exact) mass is 401 g/mol. The summed E-state index contributed by atoms with van der Waals surface area (Å²) in [7, 11) is -3.90. The molecule has 5 nitrogen and oxygen atoms in total. The number of ether oxygens (including phenoxy) is 1. The summed E-state index contributed by atoms with van der Waals surface area (Å²) >= 11 is 0. The van der Waals surface area contributed by atoms with Crippen molar-refractivity contribution in [3.05, 3.63) is 59.2 Å². The first-order chi connectivity index (χ1) is 12.5. The van der Waals surface area contributed by atoms with Crippen molar-refractivity contribution in [2.24, 2.45) is 0 Å². The number of hydroxylamine groups is 2. The molecule has 1 aliphatic heterocycles. The van der Waals surface area contributed by atoms with Crippen molar-refractivity contribution in [1.82, 2.24) is 5.06 Å². The van der Waals surface area contributed by atoms with E-state index in [9.17, 15) is 21.6 Å². The Morgan fingerprint density at radius 2 is 1.67 bits per heavy atom. The van der Waals surface area contributed by atoms with Crippen LogP contribution in [0.5, 0.6) is 5.75 Å². The molecular formula is C18H18F3NO4S. The van der Waals surface area contributed by atoms with Crippen LogP contribution in [0.25, 0.3) is 0 Å². The van der Waals surface area contributed by atoms with Crippen LogP contribution in [0.15, 0.2) is 47.4 Å². The summed E-state index contributed by atoms with van der Waals surface area (Å²) in [5.74, 6) is -0.280. The van der Waals surface area contributed by atoms with Crippen LogP contribution in [0.1, 0.15) is 22.6 Å². The molecule has 0 N–H and O–H groups in total. The minimum absolute atomic E-state index is 0.0307. The Hall–Kier alpha value is -2.10. The Bertz CT molecular complexity index is 921. The van der Waals surface area contributed by atoms with E-state index in [2.05, 4.69) is 4.74 Å². The van der Waals surface area contributed by atoms with E-state index < -0.39 is 16.5 Å². The first-order valence-electron chi connectivity index (χ1n) is 8.16. The summed E-state index contributed by atoms with van der Waals surface area (Å²) in [6.07, 6.45) is -4.74. The lowest BCUT2D eigenvalue weighted by Crippen LogP contribution is -2.45. The standard InChI is InChI=1S/C18H18F3NO4S/c1-12-3-6-16(7-4-12)27(23,24)26-22-10-15(11-22)14-5-8-17(13(2)9-14)25-18(19,20)21/h3-9,15H,10-11H2,1-2H3. The molecule has 0 atom stereocenters. The average molecular weight is 401 g/mol. The average Bonchev–Trinajstić information content (AvgIpc) is 2.52. The number of rotatable bonds is 5. The van der Waals surface area contributed by atoms with E-state index in [0.717, 1.165) is 11.1 Å². The third kappa shape index (κ3) is 4.79. The number of halogens is 3. The van der Waals surface area contributed by atoms with Gasteiger partial charge in [0.25, 0.3) is 0 Å². The molecule has 0 radical (unpaired) electrons. The molecule has 1 saturated heterocycles. The Morgan fingerprint density at radius 1 is 1.04 bits per heavy atom. The van der Waals surface area contributed by atoms with E-state index in [0.29, 0.717) is 18.7 Å². The van der Waals surface area contributed by atoms with E-state index in [1.807, 2.05) is 6.92 Å². The molecule has 0 amide bonds. The van der Waals surface area contributed by atoms with Gasteiger partial charge in [-0.1, -0.05) is 29.8 Å². The van der Waals surface area contributed by atoms with Crippen LogP contribution in [-0.2, 0) is 14.4 Å². The van der Waals surface area contributed by atoms with Gasteiger partial charge in [-0.25, -0.2) is 0 Å². The van der Waals surface area contributed by atoms with Gasteiger partial charge >= 0.3 is 16.5 Å². The Kier molecular flexibility index (Phi) is 5.20. The van der Waals surface area contributed by atoms with Crippen LogP contribution < -0.4 is 4.74 Å². The van der Waals surface area contributed by atoms with Gasteiger partial charge in [-0.3, -0.25) is 0 Å². The van der Waals surface area contributed by atoms with E-state index in [-0.39, 0.29) is 16.6 Å². The summed E-state index contributed by atoms with van der Waals surface area (Å²) in [6, 6.07) is 10.7. The fraction of sp³-hybridized carbons (Fsp3) is 0.333. The van der Waals surface area contributed by atoms with Crippen molar-refractivity contribution in [3.63, 3.8) is 0 Å². The molecule has 0 unspecified atom stereocenters. The quantitative estimate of drug-likeness (QED) is 0.760. The number of hydrogen-bond acceptors (Lipinski definition) is 5. The zero-order chi connectivity index (χ0) is 19.8. The molecule has 1 heterocycles. The number of benzene rings is 2. The van der Waals surface area contributed by atoms with Crippen LogP contribution in [0.3, 0.4) is 0 Å². The lowest BCUT2D eigenvalue weighted by Gasteiger charge is -2.37. The number of hydrogen-bond donors (Lipinski definition) is 0. The fourth-order valence-corrected chi connectivity index (χ4v) is 3.72. The highest BCUT2D eigenvalue weighted by molar-refractivity contribution is 7.86. The number of alkyl halides is 3. The minimum Gasteiger partial charge on any atom is -0.406 e. The lowest BCUT2D eigenvalue weighted by atomic mass is 9.92. The number of aryl methyl sites for hydroxylation is 2. The molecule has 2 aromatic carbocycles. The molecule has 0 aromatic heterocycles. The van der Waals surface area contributed by atoms with Crippen LogP contribution in [0.2, 0.25) is 0 Å². The molecule has 1 fully saturated rings. The fourth-order valence-electron chi connectivity index (χ4n) is 2.76. The largest absolute Gasteiger partial charge is 0.573 e. The molecule has 0 bridgehead atoms. The molecule has 0 saturated carbocycles. The van der Waals surface area contributed by atoms with Gasteiger partial charge in [-0.15, -0.1) is 13.2 Å². The zero-order valence-electron chi connectivity index (χ0n) is 14.7. The number of nitrogens with zero attached hydrogens (tertiary/aromatic N) is 1. The second kappa shape index (κ2) is 7.14. The maximum atomic E-state index is 12.3. The molecule has 146 valence electrons. The normalized spacial score (nSPS) is 16.2. The van der Waals surface area contributed by atoms with Crippen molar-refractivity contribution in [3.8, 4) is 5.75 Å². The van der Waals surface area contributed by atoms with Crippen LogP contribution in [-0.4, -0.2) is 32.9 Å². The van der Waals surface area contributed by atoms with Crippen LogP contribution in [0, 0.1) is 13.8 Å². The van der Waals surface area contributed by atoms with Gasteiger partial charge in [0.15, 0.2) is 0 Å². The van der Waals surface area contributed by atoms with Crippen molar-refractivity contribution >= 4 is 10.1 Å². The van der Waals surface area contributed by atoms with Crippen LogP contribution >= 0.6 is 0 Å². The molecule has 1 aliphatic rings. The highest BCUT2D eigenvalue weighted by Gasteiger charge is 2.35. The van der Waals surface area contributed by atoms with E-state index in [4.69, 9.17) is 4.28 Å². The van der Waals surface area contributed by atoms with Crippen molar-refractivity contribution in [2.75, 3.05) is 13.1 Å². The predicted molar refractivity (Wildman–Crippen MR) is 91.6 cm³/mol. The maximum absolute atomic E-state index is 12.3. The van der Waals surface area contributed by atoms with Crippen molar-refractivity contribution in [1.29, 1.82) is 0 Å². The highest BCUT2D eigenvalue weighted by atomic mass is 32.2. The smallest absolute Gasteiger partial charge is 0.406 e. The summed E-state index contributed by atoms with van der Waals surface area (Å²) < 4.78 is 70.5. The van der Waals surface area contributed by atoms with Gasteiger partial charge in [0.1, 0.15) is 5.75 Å². The summed E-state index contributed by atoms with van der Waals surface area (Å²) in [5.41, 5.74) is 2.09. The van der Waals surface area contributed by atoms with Crippen molar-refractivity contribution in [2.45, 2.75) is 31.0 Å². The first-order valence-corrected chi connectivity index (χ1v) is 9.57. The van der Waals surface area contributed by atoms with Gasteiger partial charge in [0.2, 0.25) is 0 Å². The van der Waals surface area contributed by atoms with Crippen molar-refractivity contribution < 1.29 is 30.6 Å². The van der Waals surface area contributed by atoms with E-state index in [1.54, 1.807) is 24.3 Å². The predicted octanol–water partition coefficient (Wildman–Crippen LogP) is 3.92. The van der Waals surface area contributed by atoms with Gasteiger partial charge < -0.3 is 4.74 Å². The first kappa shape index (κ1) is 19.7. The second-order valence-electron chi connectivity index (χ2n) is 6.46. The van der Waals surface area contributed by atoms with Gasteiger partial charge in [-0.2, -0.15) is 17.8 Å². The molecule has 0 aliphatic carbocycles. The lowest BCUT2D eigenvalue weighted by molar-refractivity contribution is -0.274. The summed E-state index contributed by atoms with van der Waals surface area (Å²) in [5, 5.41) is 1.31. The third-order valence-corrected chi connectivity index (χ3v) is 5.51. The Balaban J connectivity index is 1.61.